The molecule has 0 atom stereocenters. The monoisotopic (exact) mass is 512 g/mol. The molecule has 0 amide bonds. The Hall–Kier alpha value is -3.34. The molecule has 38 heavy (non-hydrogen) atoms. The second-order valence-corrected chi connectivity index (χ2v) is 11.6. The number of ether oxygens (including phenoxy) is 2. The molecule has 1 aliphatic carbocycles. The van der Waals surface area contributed by atoms with Crippen molar-refractivity contribution in [3.05, 3.63) is 58.3 Å². The van der Waals surface area contributed by atoms with E-state index in [-0.39, 0.29) is 11.9 Å². The number of piperidine rings is 1. The highest BCUT2D eigenvalue weighted by atomic mass is 16.5. The summed E-state index contributed by atoms with van der Waals surface area (Å²) in [6.07, 6.45) is 2.21. The van der Waals surface area contributed by atoms with Crippen molar-refractivity contribution in [2.24, 2.45) is 0 Å². The predicted molar refractivity (Wildman–Crippen MR) is 148 cm³/mol. The number of nitrogens with one attached hydrogen (secondary N) is 1. The minimum Gasteiger partial charge on any atom is -0.489 e. The lowest BCUT2D eigenvalue weighted by molar-refractivity contribution is 0.0115. The van der Waals surface area contributed by atoms with E-state index in [0.29, 0.717) is 22.7 Å². The zero-order chi connectivity index (χ0) is 26.6. The Bertz CT molecular complexity index is 1430. The second-order valence-electron chi connectivity index (χ2n) is 11.6. The smallest absolute Gasteiger partial charge is 0.195 e. The number of H-pyrrole nitrogens is 1. The number of aromatic nitrogens is 1. The Morgan fingerprint density at radius 3 is 2.53 bits per heavy atom. The van der Waals surface area contributed by atoms with Crippen LogP contribution in [0.2, 0.25) is 0 Å². The van der Waals surface area contributed by atoms with Gasteiger partial charge in [0.1, 0.15) is 5.75 Å². The Morgan fingerprint density at radius 2 is 1.84 bits per heavy atom. The summed E-state index contributed by atoms with van der Waals surface area (Å²) in [7, 11) is 0. The highest BCUT2D eigenvalue weighted by Crippen LogP contribution is 2.47. The number of nitrogens with zero attached hydrogens (tertiary/aromatic N) is 3. The molecule has 2 saturated heterocycles. The van der Waals surface area contributed by atoms with E-state index in [1.807, 2.05) is 32.0 Å². The Balaban J connectivity index is 1.39. The quantitative estimate of drug-likeness (QED) is 0.530. The van der Waals surface area contributed by atoms with Gasteiger partial charge in [-0.15, -0.1) is 0 Å². The number of rotatable bonds is 4. The molecule has 3 aliphatic rings. The predicted octanol–water partition coefficient (Wildman–Crippen LogP) is 5.00. The number of carbonyl (C=O) groups excluding carboxylic acids is 1. The van der Waals surface area contributed by atoms with Crippen LogP contribution in [0.3, 0.4) is 0 Å². The van der Waals surface area contributed by atoms with Crippen LogP contribution in [0.15, 0.2) is 30.3 Å². The van der Waals surface area contributed by atoms with Crippen LogP contribution in [0.5, 0.6) is 5.75 Å². The van der Waals surface area contributed by atoms with Gasteiger partial charge < -0.3 is 19.4 Å². The molecule has 0 radical (unpaired) electrons. The molecule has 2 aromatic carbocycles. The number of benzene rings is 2. The summed E-state index contributed by atoms with van der Waals surface area (Å²) in [6, 6.07) is 12.5. The summed E-state index contributed by atoms with van der Waals surface area (Å²) < 4.78 is 11.9. The van der Waals surface area contributed by atoms with Crippen LogP contribution in [-0.2, 0) is 10.2 Å². The summed E-state index contributed by atoms with van der Waals surface area (Å²) in [5, 5.41) is 10.3. The molecule has 198 valence electrons. The average molecular weight is 513 g/mol. The third-order valence-electron chi connectivity index (χ3n) is 8.53. The number of aromatic amines is 1. The number of nitriles is 1. The Kier molecular flexibility index (Phi) is 6.20. The van der Waals surface area contributed by atoms with Crippen molar-refractivity contribution in [1.29, 1.82) is 5.26 Å². The van der Waals surface area contributed by atoms with Gasteiger partial charge in [0.15, 0.2) is 5.78 Å². The molecule has 0 saturated carbocycles. The van der Waals surface area contributed by atoms with Gasteiger partial charge in [0.05, 0.1) is 42.2 Å². The van der Waals surface area contributed by atoms with Gasteiger partial charge in [-0.25, -0.2) is 0 Å². The van der Waals surface area contributed by atoms with E-state index < -0.39 is 5.41 Å². The van der Waals surface area contributed by atoms with E-state index in [0.717, 1.165) is 85.8 Å². The third-order valence-corrected chi connectivity index (χ3v) is 8.53. The maximum Gasteiger partial charge on any atom is 0.195 e. The molecular weight excluding hydrogens is 476 g/mol. The number of ketones is 1. The van der Waals surface area contributed by atoms with Gasteiger partial charge in [-0.05, 0) is 56.5 Å². The standard InChI is InChI=1S/C31H36N4O3/c1-19(2)38-27-16-23-24(17-26(27)35-9-7-21(8-10-35)34-11-13-37-14-12-34)31(3,4)30-28(29(23)36)22-6-5-20(18-32)15-25(22)33-30/h5-6,15-17,19,21,33H,7-14H2,1-4H3. The zero-order valence-electron chi connectivity index (χ0n) is 22.8. The van der Waals surface area contributed by atoms with Gasteiger partial charge in [0.2, 0.25) is 0 Å². The van der Waals surface area contributed by atoms with E-state index in [4.69, 9.17) is 9.47 Å². The third kappa shape index (κ3) is 4.07. The molecule has 0 bridgehead atoms. The fraction of sp³-hybridized carbons (Fsp3) is 0.484. The first-order valence-corrected chi connectivity index (χ1v) is 13.8. The summed E-state index contributed by atoms with van der Waals surface area (Å²) in [4.78, 5) is 22.5. The molecule has 1 aromatic heterocycles. The van der Waals surface area contributed by atoms with Crippen LogP contribution >= 0.6 is 0 Å². The van der Waals surface area contributed by atoms with E-state index in [9.17, 15) is 10.1 Å². The maximum atomic E-state index is 14.0. The minimum atomic E-state index is -0.415. The van der Waals surface area contributed by atoms with Gasteiger partial charge in [-0.2, -0.15) is 5.26 Å². The van der Waals surface area contributed by atoms with E-state index in [1.165, 1.54) is 0 Å². The number of fused-ring (bicyclic) bond motifs is 4. The lowest BCUT2D eigenvalue weighted by atomic mass is 9.71. The molecular formula is C31H36N4O3. The molecule has 2 fully saturated rings. The van der Waals surface area contributed by atoms with E-state index in [1.54, 1.807) is 6.07 Å². The van der Waals surface area contributed by atoms with Crippen LogP contribution in [0.1, 0.15) is 73.3 Å². The molecule has 0 spiro atoms. The van der Waals surface area contributed by atoms with Crippen LogP contribution in [-0.4, -0.2) is 67.2 Å². The maximum absolute atomic E-state index is 14.0. The molecule has 6 rings (SSSR count). The van der Waals surface area contributed by atoms with Crippen LogP contribution in [0.25, 0.3) is 10.9 Å². The van der Waals surface area contributed by atoms with Crippen molar-refractivity contribution in [3.63, 3.8) is 0 Å². The summed E-state index contributed by atoms with van der Waals surface area (Å²) in [5.41, 5.74) is 5.40. The average Bonchev–Trinajstić information content (AvgIpc) is 3.32. The molecule has 0 unspecified atom stereocenters. The van der Waals surface area contributed by atoms with Crippen molar-refractivity contribution >= 4 is 22.4 Å². The molecule has 2 aliphatic heterocycles. The molecule has 7 heteroatoms. The van der Waals surface area contributed by atoms with Crippen LogP contribution in [0.4, 0.5) is 5.69 Å². The summed E-state index contributed by atoms with van der Waals surface area (Å²) in [5.74, 6) is 0.791. The molecule has 3 heterocycles. The number of hydrogen-bond acceptors (Lipinski definition) is 6. The van der Waals surface area contributed by atoms with Crippen molar-refractivity contribution in [1.82, 2.24) is 9.88 Å². The number of anilines is 1. The largest absolute Gasteiger partial charge is 0.489 e. The highest BCUT2D eigenvalue weighted by Gasteiger charge is 2.41. The first-order valence-electron chi connectivity index (χ1n) is 13.8. The SMILES string of the molecule is CC(C)Oc1cc2c(cc1N1CCC(N3CCOCC3)CC1)C(C)(C)c1[nH]c3cc(C#N)ccc3c1C2=O. The van der Waals surface area contributed by atoms with Crippen molar-refractivity contribution in [3.8, 4) is 11.8 Å². The summed E-state index contributed by atoms with van der Waals surface area (Å²) >= 11 is 0. The van der Waals surface area contributed by atoms with Crippen molar-refractivity contribution in [2.45, 2.75) is 58.1 Å². The molecule has 1 N–H and O–H groups in total. The fourth-order valence-corrected chi connectivity index (χ4v) is 6.52. The van der Waals surface area contributed by atoms with Gasteiger partial charge >= 0.3 is 0 Å². The topological polar surface area (TPSA) is 81.6 Å². The van der Waals surface area contributed by atoms with Crippen LogP contribution < -0.4 is 9.64 Å². The van der Waals surface area contributed by atoms with Crippen LogP contribution in [0, 0.1) is 11.3 Å². The van der Waals surface area contributed by atoms with Gasteiger partial charge in [-0.1, -0.05) is 19.9 Å². The number of hydrogen-bond donors (Lipinski definition) is 1. The summed E-state index contributed by atoms with van der Waals surface area (Å²) in [6.45, 7) is 14.0. The number of morpholine rings is 1. The normalized spacial score (nSPS) is 19.9. The van der Waals surface area contributed by atoms with Crippen molar-refractivity contribution < 1.29 is 14.3 Å². The lowest BCUT2D eigenvalue weighted by Gasteiger charge is -2.42. The Morgan fingerprint density at radius 1 is 1.11 bits per heavy atom. The first-order chi connectivity index (χ1) is 18.3. The molecule has 7 nitrogen and oxygen atoms in total. The first kappa shape index (κ1) is 25.0. The van der Waals surface area contributed by atoms with Gasteiger partial charge in [-0.3, -0.25) is 9.69 Å². The highest BCUT2D eigenvalue weighted by molar-refractivity contribution is 6.20. The second kappa shape index (κ2) is 9.44. The van der Waals surface area contributed by atoms with Gasteiger partial charge in [0, 0.05) is 59.8 Å². The van der Waals surface area contributed by atoms with E-state index in [2.05, 4.69) is 40.8 Å². The zero-order valence-corrected chi connectivity index (χ0v) is 22.8. The van der Waals surface area contributed by atoms with Gasteiger partial charge in [0.25, 0.3) is 0 Å². The number of carbonyl (C=O) groups is 1. The Labute approximate surface area is 224 Å². The van der Waals surface area contributed by atoms with E-state index >= 15 is 0 Å². The minimum absolute atomic E-state index is 0.00237. The fourth-order valence-electron chi connectivity index (χ4n) is 6.52. The van der Waals surface area contributed by atoms with Crippen molar-refractivity contribution in [2.75, 3.05) is 44.3 Å². The molecule has 3 aromatic rings. The lowest BCUT2D eigenvalue weighted by Crippen LogP contribution is -2.49.